The summed E-state index contributed by atoms with van der Waals surface area (Å²) >= 11 is 0. The third kappa shape index (κ3) is 3.18. The summed E-state index contributed by atoms with van der Waals surface area (Å²) in [5, 5.41) is 10.7. The average Bonchev–Trinajstić information content (AvgIpc) is 2.75. The van der Waals surface area contributed by atoms with Gasteiger partial charge in [-0.1, -0.05) is 6.07 Å². The molecule has 29 heavy (non-hydrogen) atoms. The lowest BCUT2D eigenvalue weighted by Gasteiger charge is -2.21. The van der Waals surface area contributed by atoms with Crippen LogP contribution in [0.3, 0.4) is 0 Å². The molecule has 0 fully saturated rings. The Bertz CT molecular complexity index is 1150. The Hall–Kier alpha value is -3.48. The number of nitrogens with zero attached hydrogens (tertiary/aromatic N) is 2. The molecule has 0 saturated heterocycles. The van der Waals surface area contributed by atoms with Gasteiger partial charge in [0.1, 0.15) is 17.1 Å². The molecule has 0 atom stereocenters. The van der Waals surface area contributed by atoms with Crippen molar-refractivity contribution < 1.29 is 19.3 Å². The number of ether oxygens (including phenoxy) is 3. The summed E-state index contributed by atoms with van der Waals surface area (Å²) in [5.74, 6) is 1.78. The van der Waals surface area contributed by atoms with Crippen molar-refractivity contribution in [1.29, 1.82) is 0 Å². The van der Waals surface area contributed by atoms with E-state index in [2.05, 4.69) is 0 Å². The molecule has 0 spiro atoms. The molecule has 2 aromatic carbocycles. The highest BCUT2D eigenvalue weighted by Gasteiger charge is 2.21. The van der Waals surface area contributed by atoms with E-state index in [4.69, 9.17) is 19.2 Å². The fraction of sp³-hybridized carbons (Fsp3) is 0.273. The number of hydrogen-bond acceptors (Lipinski definition) is 6. The van der Waals surface area contributed by atoms with Gasteiger partial charge in [0.05, 0.1) is 26.7 Å². The van der Waals surface area contributed by atoms with Crippen LogP contribution in [0.5, 0.6) is 23.0 Å². The number of fused-ring (bicyclic) bond motifs is 2. The average molecular weight is 394 g/mol. The summed E-state index contributed by atoms with van der Waals surface area (Å²) in [4.78, 5) is 17.8. The van der Waals surface area contributed by atoms with Crippen LogP contribution in [0.2, 0.25) is 0 Å². The highest BCUT2D eigenvalue weighted by molar-refractivity contribution is 5.87. The monoisotopic (exact) mass is 394 g/mol. The van der Waals surface area contributed by atoms with E-state index in [9.17, 15) is 9.90 Å². The number of methoxy groups -OCH3 is 3. The van der Waals surface area contributed by atoms with Gasteiger partial charge in [-0.25, -0.2) is 4.98 Å². The largest absolute Gasteiger partial charge is 0.502 e. The minimum atomic E-state index is -0.0737. The van der Waals surface area contributed by atoms with E-state index in [1.807, 2.05) is 6.08 Å². The van der Waals surface area contributed by atoms with E-state index < -0.39 is 0 Å². The number of allylic oxidation sites excluding steroid dienone is 1. The Balaban J connectivity index is 1.92. The molecule has 7 heteroatoms. The van der Waals surface area contributed by atoms with E-state index in [0.717, 1.165) is 24.0 Å². The summed E-state index contributed by atoms with van der Waals surface area (Å²) in [6.45, 7) is 0.619. The highest BCUT2D eigenvalue weighted by atomic mass is 16.5. The van der Waals surface area contributed by atoms with Gasteiger partial charge >= 0.3 is 0 Å². The number of benzene rings is 2. The Morgan fingerprint density at radius 3 is 2.41 bits per heavy atom. The van der Waals surface area contributed by atoms with Gasteiger partial charge < -0.3 is 19.3 Å². The lowest BCUT2D eigenvalue weighted by molar-refractivity contribution is 0.340. The van der Waals surface area contributed by atoms with Gasteiger partial charge in [0.2, 0.25) is 5.75 Å². The highest BCUT2D eigenvalue weighted by Crippen LogP contribution is 2.38. The fourth-order valence-corrected chi connectivity index (χ4v) is 3.71. The molecule has 4 rings (SSSR count). The molecule has 7 nitrogen and oxygen atoms in total. The molecule has 3 aromatic rings. The number of phenolic OH excluding ortho intramolecular Hbond substituents is 1. The molecular formula is C22H22N2O5. The van der Waals surface area contributed by atoms with E-state index in [1.54, 1.807) is 42.0 Å². The van der Waals surface area contributed by atoms with Crippen LogP contribution in [0.4, 0.5) is 0 Å². The lowest BCUT2D eigenvalue weighted by atomic mass is 10.0. The zero-order valence-electron chi connectivity index (χ0n) is 16.6. The maximum Gasteiger partial charge on any atom is 0.261 e. The molecule has 2 heterocycles. The van der Waals surface area contributed by atoms with E-state index >= 15 is 0 Å². The second-order valence-electron chi connectivity index (χ2n) is 6.80. The van der Waals surface area contributed by atoms with Crippen molar-refractivity contribution in [3.63, 3.8) is 0 Å². The molecule has 0 aliphatic carbocycles. The second-order valence-corrected chi connectivity index (χ2v) is 6.80. The van der Waals surface area contributed by atoms with Crippen LogP contribution in [0, 0.1) is 0 Å². The minimum absolute atomic E-state index is 0.0498. The van der Waals surface area contributed by atoms with Crippen LogP contribution in [0.25, 0.3) is 22.6 Å². The normalized spacial score (nSPS) is 14.7. The predicted molar refractivity (Wildman–Crippen MR) is 111 cm³/mol. The van der Waals surface area contributed by atoms with Crippen LogP contribution in [-0.4, -0.2) is 36.0 Å². The van der Waals surface area contributed by atoms with E-state index in [0.29, 0.717) is 40.5 Å². The number of aromatic hydroxyl groups is 1. The maximum absolute atomic E-state index is 13.1. The topological polar surface area (TPSA) is 82.8 Å². The Morgan fingerprint density at radius 2 is 1.76 bits per heavy atom. The van der Waals surface area contributed by atoms with Crippen LogP contribution in [-0.2, 0) is 6.54 Å². The number of para-hydroxylation sites is 1. The van der Waals surface area contributed by atoms with Crippen molar-refractivity contribution in [2.75, 3.05) is 21.3 Å². The van der Waals surface area contributed by atoms with Gasteiger partial charge in [0.15, 0.2) is 11.5 Å². The second kappa shape index (κ2) is 7.50. The Labute approximate surface area is 167 Å². The molecule has 1 aliphatic rings. The number of hydrogen-bond donors (Lipinski definition) is 1. The van der Waals surface area contributed by atoms with Crippen LogP contribution in [0.1, 0.15) is 24.2 Å². The van der Waals surface area contributed by atoms with Gasteiger partial charge in [-0.3, -0.25) is 9.36 Å². The zero-order valence-corrected chi connectivity index (χ0v) is 16.6. The van der Waals surface area contributed by atoms with Crippen LogP contribution in [0.15, 0.2) is 35.1 Å². The van der Waals surface area contributed by atoms with Gasteiger partial charge in [-0.05, 0) is 54.3 Å². The van der Waals surface area contributed by atoms with Crippen molar-refractivity contribution in [2.45, 2.75) is 19.4 Å². The number of phenols is 1. The summed E-state index contributed by atoms with van der Waals surface area (Å²) in [5.41, 5.74) is 2.19. The molecule has 0 bridgehead atoms. The Morgan fingerprint density at radius 1 is 1.07 bits per heavy atom. The van der Waals surface area contributed by atoms with Gasteiger partial charge in [0, 0.05) is 6.54 Å². The van der Waals surface area contributed by atoms with Gasteiger partial charge in [-0.15, -0.1) is 0 Å². The lowest BCUT2D eigenvalue weighted by Crippen LogP contribution is -2.28. The van der Waals surface area contributed by atoms with Crippen molar-refractivity contribution in [1.82, 2.24) is 9.55 Å². The summed E-state index contributed by atoms with van der Waals surface area (Å²) in [6, 6.07) is 8.82. The van der Waals surface area contributed by atoms with Crippen molar-refractivity contribution in [3.8, 4) is 23.0 Å². The smallest absolute Gasteiger partial charge is 0.261 e. The SMILES string of the molecule is COc1cc(/C=C2\CCCn3c2nc2c(OC)cccc2c3=O)cc(OC)c1O. The first-order chi connectivity index (χ1) is 14.1. The predicted octanol–water partition coefficient (Wildman–Crippen LogP) is 3.46. The standard InChI is InChI=1S/C22H22N2O5/c1-27-16-8-4-7-15-19(16)23-21-14(6-5-9-24(21)22(15)26)10-13-11-17(28-2)20(25)18(12-13)29-3/h4,7-8,10-12,25H,5-6,9H2,1-3H3/b14-10+. The number of aromatic nitrogens is 2. The fourth-order valence-electron chi connectivity index (χ4n) is 3.71. The maximum atomic E-state index is 13.1. The molecule has 0 unspecified atom stereocenters. The molecule has 0 saturated carbocycles. The first kappa shape index (κ1) is 18.9. The van der Waals surface area contributed by atoms with Gasteiger partial charge in [-0.2, -0.15) is 0 Å². The summed E-state index contributed by atoms with van der Waals surface area (Å²) in [6.07, 6.45) is 3.56. The molecule has 150 valence electrons. The quantitative estimate of drug-likeness (QED) is 0.730. The zero-order chi connectivity index (χ0) is 20.5. The van der Waals surface area contributed by atoms with Crippen molar-refractivity contribution in [3.05, 3.63) is 52.1 Å². The van der Waals surface area contributed by atoms with Crippen molar-refractivity contribution in [2.24, 2.45) is 0 Å². The van der Waals surface area contributed by atoms with E-state index in [1.165, 1.54) is 14.2 Å². The van der Waals surface area contributed by atoms with Crippen LogP contribution < -0.4 is 19.8 Å². The third-order valence-electron chi connectivity index (χ3n) is 5.13. The molecule has 1 N–H and O–H groups in total. The molecule has 1 aliphatic heterocycles. The molecule has 1 aromatic heterocycles. The van der Waals surface area contributed by atoms with Crippen molar-refractivity contribution >= 4 is 22.6 Å². The molecule has 0 radical (unpaired) electrons. The Kier molecular flexibility index (Phi) is 4.88. The summed E-state index contributed by atoms with van der Waals surface area (Å²) in [7, 11) is 4.54. The molecular weight excluding hydrogens is 372 g/mol. The van der Waals surface area contributed by atoms with Gasteiger partial charge in [0.25, 0.3) is 5.56 Å². The number of rotatable bonds is 4. The summed E-state index contributed by atoms with van der Waals surface area (Å²) < 4.78 is 17.6. The van der Waals surface area contributed by atoms with E-state index in [-0.39, 0.29) is 11.3 Å². The first-order valence-corrected chi connectivity index (χ1v) is 9.31. The van der Waals surface area contributed by atoms with Crippen LogP contribution >= 0.6 is 0 Å². The molecule has 0 amide bonds. The minimum Gasteiger partial charge on any atom is -0.502 e. The first-order valence-electron chi connectivity index (χ1n) is 9.31. The third-order valence-corrected chi connectivity index (χ3v) is 5.13.